The first kappa shape index (κ1) is 20.3. The highest BCUT2D eigenvalue weighted by molar-refractivity contribution is 7.92. The number of guanidine groups is 1. The van der Waals surface area contributed by atoms with E-state index in [2.05, 4.69) is 15.3 Å². The number of sulfone groups is 1. The van der Waals surface area contributed by atoms with E-state index in [1.165, 1.54) is 6.07 Å². The first-order valence-electron chi connectivity index (χ1n) is 9.11. The SMILES string of the molecule is CN=C(NCc1ccc(-n2ccnc2C)c(F)c1)N1CCS(=O)(=O)C(C)(C)C1. The first-order chi connectivity index (χ1) is 13.1. The van der Waals surface area contributed by atoms with Crippen molar-refractivity contribution in [3.05, 3.63) is 47.8 Å². The maximum atomic E-state index is 14.6. The van der Waals surface area contributed by atoms with Gasteiger partial charge in [0.2, 0.25) is 0 Å². The molecule has 1 N–H and O–H groups in total. The Bertz CT molecular complexity index is 998. The average Bonchev–Trinajstić information content (AvgIpc) is 3.04. The minimum absolute atomic E-state index is 0.0915. The van der Waals surface area contributed by atoms with E-state index < -0.39 is 14.6 Å². The van der Waals surface area contributed by atoms with E-state index >= 15 is 0 Å². The summed E-state index contributed by atoms with van der Waals surface area (Å²) in [5, 5.41) is 3.21. The second-order valence-corrected chi connectivity index (χ2v) is 10.3. The Hall–Kier alpha value is -2.42. The van der Waals surface area contributed by atoms with Gasteiger partial charge in [-0.15, -0.1) is 0 Å². The van der Waals surface area contributed by atoms with Gasteiger partial charge in [0, 0.05) is 39.1 Å². The predicted molar refractivity (Wildman–Crippen MR) is 108 cm³/mol. The van der Waals surface area contributed by atoms with Crippen LogP contribution in [0.2, 0.25) is 0 Å². The largest absolute Gasteiger partial charge is 0.352 e. The van der Waals surface area contributed by atoms with E-state index in [4.69, 9.17) is 0 Å². The molecule has 0 atom stereocenters. The summed E-state index contributed by atoms with van der Waals surface area (Å²) in [5.41, 5.74) is 1.22. The van der Waals surface area contributed by atoms with Gasteiger partial charge in [-0.25, -0.2) is 17.8 Å². The van der Waals surface area contributed by atoms with Crippen LogP contribution in [0.1, 0.15) is 25.2 Å². The Balaban J connectivity index is 1.69. The average molecular weight is 408 g/mol. The summed E-state index contributed by atoms with van der Waals surface area (Å²) in [6.45, 7) is 6.42. The highest BCUT2D eigenvalue weighted by atomic mass is 32.2. The number of hydrogen-bond acceptors (Lipinski definition) is 4. The smallest absolute Gasteiger partial charge is 0.193 e. The van der Waals surface area contributed by atoms with Crippen molar-refractivity contribution < 1.29 is 12.8 Å². The number of rotatable bonds is 3. The molecular formula is C19H26FN5O2S. The normalized spacial score (nSPS) is 18.9. The van der Waals surface area contributed by atoms with Gasteiger partial charge in [0.05, 0.1) is 16.2 Å². The number of aromatic nitrogens is 2. The van der Waals surface area contributed by atoms with Crippen LogP contribution in [0, 0.1) is 12.7 Å². The molecule has 0 unspecified atom stereocenters. The van der Waals surface area contributed by atoms with Crippen molar-refractivity contribution in [1.29, 1.82) is 0 Å². The van der Waals surface area contributed by atoms with Crippen LogP contribution < -0.4 is 5.32 Å². The maximum absolute atomic E-state index is 14.6. The Kier molecular flexibility index (Phi) is 5.47. The summed E-state index contributed by atoms with van der Waals surface area (Å²) in [5.74, 6) is 1.08. The quantitative estimate of drug-likeness (QED) is 0.621. The summed E-state index contributed by atoms with van der Waals surface area (Å²) < 4.78 is 39.8. The van der Waals surface area contributed by atoms with Gasteiger partial charge in [-0.1, -0.05) is 6.07 Å². The third kappa shape index (κ3) is 3.89. The standard InChI is InChI=1S/C19H26FN5O2S/c1-14-22-7-8-25(14)17-6-5-15(11-16(17)20)12-23-18(21-4)24-9-10-28(26,27)19(2,3)13-24/h5-8,11H,9-10,12-13H2,1-4H3,(H,21,23). The molecule has 0 aliphatic carbocycles. The number of benzene rings is 1. The van der Waals surface area contributed by atoms with Crippen LogP contribution in [0.25, 0.3) is 5.69 Å². The highest BCUT2D eigenvalue weighted by Crippen LogP contribution is 2.24. The minimum Gasteiger partial charge on any atom is -0.352 e. The summed E-state index contributed by atoms with van der Waals surface area (Å²) in [6, 6.07) is 5.06. The van der Waals surface area contributed by atoms with Gasteiger partial charge in [0.1, 0.15) is 11.6 Å². The summed E-state index contributed by atoms with van der Waals surface area (Å²) in [4.78, 5) is 10.3. The van der Waals surface area contributed by atoms with Gasteiger partial charge in [0.25, 0.3) is 0 Å². The lowest BCUT2D eigenvalue weighted by atomic mass is 10.2. The first-order valence-corrected chi connectivity index (χ1v) is 10.8. The number of imidazole rings is 1. The number of aliphatic imine (C=N–C) groups is 1. The Labute approximate surface area is 165 Å². The summed E-state index contributed by atoms with van der Waals surface area (Å²) in [6.07, 6.45) is 3.36. The molecule has 0 bridgehead atoms. The molecule has 0 radical (unpaired) electrons. The molecule has 0 spiro atoms. The third-order valence-corrected chi connectivity index (χ3v) is 7.64. The lowest BCUT2D eigenvalue weighted by Crippen LogP contribution is -2.57. The molecule has 1 fully saturated rings. The fourth-order valence-corrected chi connectivity index (χ4v) is 4.69. The van der Waals surface area contributed by atoms with Gasteiger partial charge in [0.15, 0.2) is 15.8 Å². The van der Waals surface area contributed by atoms with Gasteiger partial charge in [-0.2, -0.15) is 0 Å². The third-order valence-electron chi connectivity index (χ3n) is 5.10. The van der Waals surface area contributed by atoms with Crippen molar-refractivity contribution >= 4 is 15.8 Å². The zero-order valence-electron chi connectivity index (χ0n) is 16.6. The van der Waals surface area contributed by atoms with E-state index in [1.54, 1.807) is 43.9 Å². The zero-order valence-corrected chi connectivity index (χ0v) is 17.4. The van der Waals surface area contributed by atoms with Crippen molar-refractivity contribution in [2.75, 3.05) is 25.9 Å². The van der Waals surface area contributed by atoms with Crippen molar-refractivity contribution in [2.24, 2.45) is 4.99 Å². The molecule has 7 nitrogen and oxygen atoms in total. The molecule has 9 heteroatoms. The zero-order chi connectivity index (χ0) is 20.5. The number of nitrogens with zero attached hydrogens (tertiary/aromatic N) is 4. The summed E-state index contributed by atoms with van der Waals surface area (Å²) >= 11 is 0. The molecule has 2 aromatic rings. The molecule has 0 saturated carbocycles. The van der Waals surface area contributed by atoms with E-state index in [1.807, 2.05) is 17.9 Å². The lowest BCUT2D eigenvalue weighted by molar-refractivity contribution is 0.353. The monoisotopic (exact) mass is 407 g/mol. The van der Waals surface area contributed by atoms with Crippen LogP contribution in [-0.2, 0) is 16.4 Å². The fraction of sp³-hybridized carbons (Fsp3) is 0.474. The van der Waals surface area contributed by atoms with E-state index in [9.17, 15) is 12.8 Å². The van der Waals surface area contributed by atoms with Crippen LogP contribution in [-0.4, -0.2) is 59.5 Å². The molecule has 3 rings (SSSR count). The van der Waals surface area contributed by atoms with Crippen LogP contribution >= 0.6 is 0 Å². The van der Waals surface area contributed by atoms with Crippen molar-refractivity contribution in [2.45, 2.75) is 32.1 Å². The number of aryl methyl sites for hydroxylation is 1. The summed E-state index contributed by atoms with van der Waals surface area (Å²) in [7, 11) is -1.46. The molecule has 2 heterocycles. The fourth-order valence-electron chi connectivity index (χ4n) is 3.33. The lowest BCUT2D eigenvalue weighted by Gasteiger charge is -2.39. The van der Waals surface area contributed by atoms with Crippen LogP contribution in [0.4, 0.5) is 4.39 Å². The van der Waals surface area contributed by atoms with Crippen molar-refractivity contribution in [1.82, 2.24) is 19.8 Å². The minimum atomic E-state index is -3.12. The number of halogens is 1. The Morgan fingerprint density at radius 2 is 2.14 bits per heavy atom. The number of nitrogens with one attached hydrogen (secondary N) is 1. The van der Waals surface area contributed by atoms with Crippen LogP contribution in [0.5, 0.6) is 0 Å². The maximum Gasteiger partial charge on any atom is 0.193 e. The molecule has 1 aromatic carbocycles. The second kappa shape index (κ2) is 7.54. The van der Waals surface area contributed by atoms with E-state index in [-0.39, 0.29) is 11.6 Å². The molecule has 1 aliphatic rings. The second-order valence-electron chi connectivity index (χ2n) is 7.53. The molecule has 152 valence electrons. The van der Waals surface area contributed by atoms with Gasteiger partial charge in [-0.3, -0.25) is 4.99 Å². The van der Waals surface area contributed by atoms with Gasteiger partial charge in [-0.05, 0) is 38.5 Å². The van der Waals surface area contributed by atoms with Gasteiger partial charge < -0.3 is 14.8 Å². The highest BCUT2D eigenvalue weighted by Gasteiger charge is 2.40. The van der Waals surface area contributed by atoms with Gasteiger partial charge >= 0.3 is 0 Å². The molecule has 0 amide bonds. The van der Waals surface area contributed by atoms with Crippen molar-refractivity contribution in [3.8, 4) is 5.69 Å². The molecule has 1 aromatic heterocycles. The molecule has 1 saturated heterocycles. The molecule has 28 heavy (non-hydrogen) atoms. The number of hydrogen-bond donors (Lipinski definition) is 1. The molecule has 1 aliphatic heterocycles. The predicted octanol–water partition coefficient (Wildman–Crippen LogP) is 1.90. The van der Waals surface area contributed by atoms with Crippen LogP contribution in [0.3, 0.4) is 0 Å². The van der Waals surface area contributed by atoms with E-state index in [0.29, 0.717) is 37.1 Å². The van der Waals surface area contributed by atoms with E-state index in [0.717, 1.165) is 5.56 Å². The molecular weight excluding hydrogens is 381 g/mol. The van der Waals surface area contributed by atoms with Crippen LogP contribution in [0.15, 0.2) is 35.6 Å². The Morgan fingerprint density at radius 3 is 2.71 bits per heavy atom. The topological polar surface area (TPSA) is 79.6 Å². The van der Waals surface area contributed by atoms with Crippen molar-refractivity contribution in [3.63, 3.8) is 0 Å². The Morgan fingerprint density at radius 1 is 1.39 bits per heavy atom.